The predicted molar refractivity (Wildman–Crippen MR) is 126 cm³/mol. The highest BCUT2D eigenvalue weighted by Crippen LogP contribution is 2.43. The Hall–Kier alpha value is -3.07. The molecule has 9 nitrogen and oxygen atoms in total. The van der Waals surface area contributed by atoms with Crippen LogP contribution in [-0.4, -0.2) is 66.6 Å². The van der Waals surface area contributed by atoms with Gasteiger partial charge in [-0.25, -0.2) is 4.79 Å². The number of hydrogen-bond donors (Lipinski definition) is 1. The molecule has 2 unspecified atom stereocenters. The molecular weight excluding hydrogens is 440 g/mol. The average Bonchev–Trinajstić information content (AvgIpc) is 2.74. The lowest BCUT2D eigenvalue weighted by atomic mass is 10.1. The van der Waals surface area contributed by atoms with Gasteiger partial charge in [-0.15, -0.1) is 0 Å². The van der Waals surface area contributed by atoms with Gasteiger partial charge in [0, 0.05) is 5.56 Å². The molecule has 2 atom stereocenters. The number of amides is 2. The summed E-state index contributed by atoms with van der Waals surface area (Å²) < 4.78 is 12.6. The van der Waals surface area contributed by atoms with E-state index in [1.54, 1.807) is 41.8 Å². The van der Waals surface area contributed by atoms with E-state index in [9.17, 15) is 19.9 Å². The maximum atomic E-state index is 13.2. The van der Waals surface area contributed by atoms with Crippen molar-refractivity contribution >= 4 is 31.7 Å². The van der Waals surface area contributed by atoms with Crippen LogP contribution in [0.15, 0.2) is 42.5 Å². The zero-order chi connectivity index (χ0) is 25.0. The molecule has 1 aromatic carbocycles. The van der Waals surface area contributed by atoms with Crippen LogP contribution in [0.2, 0.25) is 18.1 Å². The van der Waals surface area contributed by atoms with Gasteiger partial charge in [0.15, 0.2) is 20.5 Å². The maximum Gasteiger partial charge on any atom is 0.421 e. The second-order valence-corrected chi connectivity index (χ2v) is 14.4. The number of rotatable bonds is 9. The van der Waals surface area contributed by atoms with Crippen molar-refractivity contribution in [2.24, 2.45) is 0 Å². The minimum atomic E-state index is -2.36. The fourth-order valence-corrected chi connectivity index (χ4v) is 5.52. The Bertz CT molecular complexity index is 980. The molecule has 1 aliphatic rings. The first-order chi connectivity index (χ1) is 15.4. The van der Waals surface area contributed by atoms with Gasteiger partial charge >= 0.3 is 11.7 Å². The number of esters is 1. The van der Waals surface area contributed by atoms with Gasteiger partial charge in [0.25, 0.3) is 5.91 Å². The summed E-state index contributed by atoms with van der Waals surface area (Å²) in [5, 5.41) is 2.59. The van der Waals surface area contributed by atoms with Crippen molar-refractivity contribution in [3.8, 4) is 0 Å². The molecule has 2 rings (SSSR count). The SMILES string of the molecule is C=C(COC1C(NC(=O)c2ccccc2)C(=O)N1[Si](C)(C)C(C)(C)C)C(=[N+]=[N-])C(=O)OCC. The molecule has 0 aromatic heterocycles. The lowest BCUT2D eigenvalue weighted by Crippen LogP contribution is -2.79. The third-order valence-corrected chi connectivity index (χ3v) is 11.5. The summed E-state index contributed by atoms with van der Waals surface area (Å²) in [6.45, 7) is 15.6. The first-order valence-corrected chi connectivity index (χ1v) is 13.7. The summed E-state index contributed by atoms with van der Waals surface area (Å²) in [5.74, 6) is -1.43. The number of hydrogen-bond acceptors (Lipinski definition) is 5. The molecule has 0 saturated carbocycles. The summed E-state index contributed by atoms with van der Waals surface area (Å²) in [6, 6.07) is 7.70. The van der Waals surface area contributed by atoms with E-state index in [0.717, 1.165) is 0 Å². The molecule has 33 heavy (non-hydrogen) atoms. The van der Waals surface area contributed by atoms with Crippen molar-refractivity contribution in [1.82, 2.24) is 9.88 Å². The van der Waals surface area contributed by atoms with Crippen LogP contribution in [0, 0.1) is 0 Å². The van der Waals surface area contributed by atoms with Gasteiger partial charge in [0.05, 0.1) is 18.8 Å². The molecule has 0 radical (unpaired) electrons. The predicted octanol–water partition coefficient (Wildman–Crippen LogP) is 2.77. The third kappa shape index (κ3) is 5.47. The molecule has 2 amide bonds. The first kappa shape index (κ1) is 26.2. The first-order valence-electron chi connectivity index (χ1n) is 10.7. The van der Waals surface area contributed by atoms with Crippen molar-refractivity contribution in [2.45, 2.75) is 58.1 Å². The Morgan fingerprint density at radius 3 is 2.36 bits per heavy atom. The highest BCUT2D eigenvalue weighted by molar-refractivity contribution is 6.80. The summed E-state index contributed by atoms with van der Waals surface area (Å²) >= 11 is 0. The fraction of sp³-hybridized carbons (Fsp3) is 0.478. The summed E-state index contributed by atoms with van der Waals surface area (Å²) in [5.41, 5.74) is 9.38. The number of ether oxygens (including phenoxy) is 2. The largest absolute Gasteiger partial charge is 0.457 e. The molecule has 1 aromatic rings. The van der Waals surface area contributed by atoms with Gasteiger partial charge in [-0.2, -0.15) is 4.79 Å². The molecule has 1 aliphatic heterocycles. The molecule has 1 N–H and O–H groups in total. The highest BCUT2D eigenvalue weighted by atomic mass is 28.3. The Morgan fingerprint density at radius 2 is 1.85 bits per heavy atom. The standard InChI is InChI=1S/C23H32N4O5Si/c1-8-31-22(30)17(26-24)15(2)14-32-21-18(25-19(28)16-12-10-9-11-13-16)20(29)27(21)33(6,7)23(3,4)5/h9-13,18,21H,2,8,14H2,1,3-7H3,(H,25,28). The molecule has 178 valence electrons. The Labute approximate surface area is 195 Å². The lowest BCUT2D eigenvalue weighted by molar-refractivity contribution is -0.167. The van der Waals surface area contributed by atoms with Gasteiger partial charge in [-0.3, -0.25) is 9.59 Å². The lowest BCUT2D eigenvalue weighted by Gasteiger charge is -2.57. The van der Waals surface area contributed by atoms with Crippen molar-refractivity contribution in [3.63, 3.8) is 0 Å². The third-order valence-electron chi connectivity index (χ3n) is 6.14. The van der Waals surface area contributed by atoms with Crippen molar-refractivity contribution in [1.29, 1.82) is 0 Å². The molecule has 0 bridgehead atoms. The maximum absolute atomic E-state index is 13.2. The van der Waals surface area contributed by atoms with E-state index in [4.69, 9.17) is 9.47 Å². The molecule has 1 fully saturated rings. The van der Waals surface area contributed by atoms with E-state index in [1.807, 2.05) is 0 Å². The van der Waals surface area contributed by atoms with E-state index in [0.29, 0.717) is 5.56 Å². The van der Waals surface area contributed by atoms with Gasteiger partial charge in [0.2, 0.25) is 5.91 Å². The minimum Gasteiger partial charge on any atom is -0.457 e. The van der Waals surface area contributed by atoms with Gasteiger partial charge in [-0.1, -0.05) is 58.6 Å². The van der Waals surface area contributed by atoms with Crippen LogP contribution in [0.3, 0.4) is 0 Å². The Balaban J connectivity index is 2.25. The van der Waals surface area contributed by atoms with Crippen LogP contribution in [0.5, 0.6) is 0 Å². The number of nitrogens with one attached hydrogen (secondary N) is 1. The van der Waals surface area contributed by atoms with Crippen LogP contribution in [0.1, 0.15) is 38.1 Å². The summed E-state index contributed by atoms with van der Waals surface area (Å²) in [6.07, 6.45) is -0.759. The second-order valence-electron chi connectivity index (χ2n) is 9.31. The smallest absolute Gasteiger partial charge is 0.421 e. The van der Waals surface area contributed by atoms with Crippen molar-refractivity contribution < 1.29 is 28.6 Å². The van der Waals surface area contributed by atoms with Crippen LogP contribution >= 0.6 is 0 Å². The molecule has 0 spiro atoms. The van der Waals surface area contributed by atoms with Crippen molar-refractivity contribution in [2.75, 3.05) is 13.2 Å². The van der Waals surface area contributed by atoms with Gasteiger partial charge in [0.1, 0.15) is 0 Å². The minimum absolute atomic E-state index is 0.0959. The number of nitrogens with zero attached hydrogens (tertiary/aromatic N) is 3. The van der Waals surface area contributed by atoms with E-state index in [2.05, 4.69) is 50.6 Å². The monoisotopic (exact) mass is 472 g/mol. The number of carbonyl (C=O) groups excluding carboxylic acids is 3. The summed E-state index contributed by atoms with van der Waals surface area (Å²) in [4.78, 5) is 40.8. The topological polar surface area (TPSA) is 121 Å². The van der Waals surface area contributed by atoms with E-state index < -0.39 is 26.5 Å². The molecule has 1 saturated heterocycles. The molecular formula is C23H32N4O5Si. The summed E-state index contributed by atoms with van der Waals surface area (Å²) in [7, 11) is -2.36. The van der Waals surface area contributed by atoms with Crippen LogP contribution < -0.4 is 5.32 Å². The number of β-lactam (4-membered cyclic amide) rings is 1. The van der Waals surface area contributed by atoms with Gasteiger partial charge in [-0.05, 0) is 24.1 Å². The van der Waals surface area contributed by atoms with Gasteiger partial charge < -0.3 is 24.9 Å². The van der Waals surface area contributed by atoms with Crippen LogP contribution in [0.4, 0.5) is 0 Å². The van der Waals surface area contributed by atoms with E-state index in [-0.39, 0.29) is 41.4 Å². The highest BCUT2D eigenvalue weighted by Gasteiger charge is 2.58. The molecule has 1 heterocycles. The number of benzene rings is 1. The zero-order valence-electron chi connectivity index (χ0n) is 20.0. The number of carbonyl (C=O) groups is 3. The average molecular weight is 473 g/mol. The Kier molecular flexibility index (Phi) is 8.13. The fourth-order valence-electron chi connectivity index (χ4n) is 3.25. The van der Waals surface area contributed by atoms with Crippen molar-refractivity contribution in [3.05, 3.63) is 53.6 Å². The molecule has 0 aliphatic carbocycles. The van der Waals surface area contributed by atoms with E-state index in [1.165, 1.54) is 0 Å². The second kappa shape index (κ2) is 10.2. The zero-order valence-corrected chi connectivity index (χ0v) is 21.0. The molecule has 10 heteroatoms. The Morgan fingerprint density at radius 1 is 1.24 bits per heavy atom. The quantitative estimate of drug-likeness (QED) is 0.148. The van der Waals surface area contributed by atoms with Crippen LogP contribution in [0.25, 0.3) is 5.53 Å². The van der Waals surface area contributed by atoms with Crippen LogP contribution in [-0.2, 0) is 19.1 Å². The normalized spacial score (nSPS) is 18.1. The van der Waals surface area contributed by atoms with E-state index >= 15 is 0 Å².